The number of nitrogens with zero attached hydrogens (tertiary/aromatic N) is 3. The molecule has 0 atom stereocenters. The van der Waals surface area contributed by atoms with Crippen LogP contribution in [0, 0.1) is 0 Å². The second-order valence-electron chi connectivity index (χ2n) is 6.63. The van der Waals surface area contributed by atoms with Gasteiger partial charge in [0.05, 0.1) is 6.61 Å². The molecule has 2 heterocycles. The SMILES string of the molecule is CN(Cc1cnc(-c2ccc(Cl)cc2)nc1)Cc1ccc2c(c1)CCO2. The number of rotatable bonds is 5. The highest BCUT2D eigenvalue weighted by Gasteiger charge is 2.13. The van der Waals surface area contributed by atoms with Gasteiger partial charge in [-0.3, -0.25) is 4.90 Å². The molecule has 26 heavy (non-hydrogen) atoms. The summed E-state index contributed by atoms with van der Waals surface area (Å²) < 4.78 is 5.57. The second-order valence-corrected chi connectivity index (χ2v) is 7.07. The topological polar surface area (TPSA) is 38.2 Å². The molecule has 0 N–H and O–H groups in total. The minimum Gasteiger partial charge on any atom is -0.493 e. The first kappa shape index (κ1) is 17.0. The van der Waals surface area contributed by atoms with Crippen molar-refractivity contribution in [2.45, 2.75) is 19.5 Å². The minimum absolute atomic E-state index is 0.713. The van der Waals surface area contributed by atoms with Crippen LogP contribution in [-0.4, -0.2) is 28.5 Å². The minimum atomic E-state index is 0.713. The lowest BCUT2D eigenvalue weighted by atomic mass is 10.1. The Kier molecular flexibility index (Phi) is 4.87. The molecule has 0 saturated carbocycles. The van der Waals surface area contributed by atoms with Crippen molar-refractivity contribution >= 4 is 11.6 Å². The molecule has 2 aromatic carbocycles. The van der Waals surface area contributed by atoms with E-state index < -0.39 is 0 Å². The van der Waals surface area contributed by atoms with Gasteiger partial charge >= 0.3 is 0 Å². The fourth-order valence-corrected chi connectivity index (χ4v) is 3.33. The lowest BCUT2D eigenvalue weighted by Crippen LogP contribution is -2.17. The van der Waals surface area contributed by atoms with E-state index in [0.717, 1.165) is 43.0 Å². The number of hydrogen-bond donors (Lipinski definition) is 0. The standard InChI is InChI=1S/C21H20ClN3O/c1-25(13-15-2-7-20-18(10-15)8-9-26-20)14-16-11-23-21(24-12-16)17-3-5-19(22)6-4-17/h2-7,10-12H,8-9,13-14H2,1H3. The highest BCUT2D eigenvalue weighted by molar-refractivity contribution is 6.30. The lowest BCUT2D eigenvalue weighted by Gasteiger charge is -2.17. The van der Waals surface area contributed by atoms with E-state index in [1.807, 2.05) is 36.7 Å². The first-order valence-corrected chi connectivity index (χ1v) is 9.05. The van der Waals surface area contributed by atoms with Crippen molar-refractivity contribution < 1.29 is 4.74 Å². The third-order valence-corrected chi connectivity index (χ3v) is 4.72. The number of ether oxygens (including phenoxy) is 1. The molecule has 0 bridgehead atoms. The molecular weight excluding hydrogens is 346 g/mol. The summed E-state index contributed by atoms with van der Waals surface area (Å²) >= 11 is 5.93. The summed E-state index contributed by atoms with van der Waals surface area (Å²) in [7, 11) is 2.11. The molecule has 5 heteroatoms. The van der Waals surface area contributed by atoms with E-state index in [9.17, 15) is 0 Å². The Labute approximate surface area is 158 Å². The zero-order valence-corrected chi connectivity index (χ0v) is 15.4. The molecule has 0 saturated heterocycles. The van der Waals surface area contributed by atoms with Gasteiger partial charge in [0.2, 0.25) is 0 Å². The normalized spacial score (nSPS) is 12.9. The van der Waals surface area contributed by atoms with E-state index in [-0.39, 0.29) is 0 Å². The van der Waals surface area contributed by atoms with Crippen molar-refractivity contribution in [3.05, 3.63) is 76.6 Å². The van der Waals surface area contributed by atoms with E-state index in [2.05, 4.69) is 40.1 Å². The lowest BCUT2D eigenvalue weighted by molar-refractivity contribution is 0.318. The van der Waals surface area contributed by atoms with Gasteiger partial charge < -0.3 is 4.74 Å². The Morgan fingerprint density at radius 2 is 1.73 bits per heavy atom. The van der Waals surface area contributed by atoms with Crippen LogP contribution < -0.4 is 4.74 Å². The fraction of sp³-hybridized carbons (Fsp3) is 0.238. The Morgan fingerprint density at radius 1 is 1.00 bits per heavy atom. The highest BCUT2D eigenvalue weighted by atomic mass is 35.5. The van der Waals surface area contributed by atoms with Crippen LogP contribution in [0.4, 0.5) is 0 Å². The van der Waals surface area contributed by atoms with Gasteiger partial charge in [0.1, 0.15) is 5.75 Å². The van der Waals surface area contributed by atoms with Crippen LogP contribution in [0.2, 0.25) is 5.02 Å². The van der Waals surface area contributed by atoms with Gasteiger partial charge in [0, 0.05) is 48.1 Å². The third kappa shape index (κ3) is 3.87. The molecule has 0 radical (unpaired) electrons. The summed E-state index contributed by atoms with van der Waals surface area (Å²) in [5, 5.41) is 0.713. The maximum Gasteiger partial charge on any atom is 0.159 e. The Balaban J connectivity index is 1.39. The van der Waals surface area contributed by atoms with Crippen molar-refractivity contribution in [2.24, 2.45) is 0 Å². The van der Waals surface area contributed by atoms with Gasteiger partial charge in [0.25, 0.3) is 0 Å². The van der Waals surface area contributed by atoms with Crippen LogP contribution in [-0.2, 0) is 19.5 Å². The van der Waals surface area contributed by atoms with Crippen LogP contribution in [0.25, 0.3) is 11.4 Å². The van der Waals surface area contributed by atoms with Crippen LogP contribution >= 0.6 is 11.6 Å². The van der Waals surface area contributed by atoms with Crippen LogP contribution in [0.3, 0.4) is 0 Å². The average molecular weight is 366 g/mol. The average Bonchev–Trinajstić information content (AvgIpc) is 3.11. The second kappa shape index (κ2) is 7.44. The van der Waals surface area contributed by atoms with Gasteiger partial charge in [0.15, 0.2) is 5.82 Å². The molecule has 3 aromatic rings. The molecule has 0 amide bonds. The van der Waals surface area contributed by atoms with Crippen molar-refractivity contribution in [1.82, 2.24) is 14.9 Å². The maximum absolute atomic E-state index is 5.93. The van der Waals surface area contributed by atoms with Crippen molar-refractivity contribution in [3.63, 3.8) is 0 Å². The molecule has 1 aliphatic rings. The van der Waals surface area contributed by atoms with Gasteiger partial charge in [-0.15, -0.1) is 0 Å². The Hall–Kier alpha value is -2.43. The van der Waals surface area contributed by atoms with E-state index in [1.165, 1.54) is 11.1 Å². The third-order valence-electron chi connectivity index (χ3n) is 4.47. The number of hydrogen-bond acceptors (Lipinski definition) is 4. The van der Waals surface area contributed by atoms with Crippen LogP contribution in [0.5, 0.6) is 5.75 Å². The van der Waals surface area contributed by atoms with E-state index in [4.69, 9.17) is 16.3 Å². The molecule has 0 fully saturated rings. The Bertz CT molecular complexity index is 894. The summed E-state index contributed by atoms with van der Waals surface area (Å²) in [6.07, 6.45) is 4.79. The molecule has 0 unspecified atom stereocenters. The number of fused-ring (bicyclic) bond motifs is 1. The maximum atomic E-state index is 5.93. The number of benzene rings is 2. The van der Waals surface area contributed by atoms with Gasteiger partial charge in [-0.1, -0.05) is 23.7 Å². The van der Waals surface area contributed by atoms with Crippen molar-refractivity contribution in [1.29, 1.82) is 0 Å². The Morgan fingerprint density at radius 3 is 2.50 bits per heavy atom. The fourth-order valence-electron chi connectivity index (χ4n) is 3.20. The van der Waals surface area contributed by atoms with Gasteiger partial charge in [-0.25, -0.2) is 9.97 Å². The van der Waals surface area contributed by atoms with Gasteiger partial charge in [-0.2, -0.15) is 0 Å². The molecular formula is C21H20ClN3O. The summed E-state index contributed by atoms with van der Waals surface area (Å²) in [6.45, 7) is 2.48. The number of halogens is 1. The highest BCUT2D eigenvalue weighted by Crippen LogP contribution is 2.26. The van der Waals surface area contributed by atoms with Crippen molar-refractivity contribution in [3.8, 4) is 17.1 Å². The predicted octanol–water partition coefficient (Wildman–Crippen LogP) is 4.36. The molecule has 1 aliphatic heterocycles. The molecule has 4 rings (SSSR count). The summed E-state index contributed by atoms with van der Waals surface area (Å²) in [5.41, 5.74) is 4.67. The first-order valence-electron chi connectivity index (χ1n) is 8.67. The monoisotopic (exact) mass is 365 g/mol. The van der Waals surface area contributed by atoms with E-state index >= 15 is 0 Å². The van der Waals surface area contributed by atoms with Crippen molar-refractivity contribution in [2.75, 3.05) is 13.7 Å². The van der Waals surface area contributed by atoms with E-state index in [1.54, 1.807) is 0 Å². The van der Waals surface area contributed by atoms with Crippen LogP contribution in [0.1, 0.15) is 16.7 Å². The largest absolute Gasteiger partial charge is 0.493 e. The van der Waals surface area contributed by atoms with Gasteiger partial charge in [-0.05, 0) is 48.5 Å². The molecule has 132 valence electrons. The van der Waals surface area contributed by atoms with E-state index in [0.29, 0.717) is 10.8 Å². The summed E-state index contributed by atoms with van der Waals surface area (Å²) in [5.74, 6) is 1.74. The number of aromatic nitrogens is 2. The zero-order chi connectivity index (χ0) is 17.9. The first-order chi connectivity index (χ1) is 12.7. The predicted molar refractivity (Wildman–Crippen MR) is 103 cm³/mol. The smallest absolute Gasteiger partial charge is 0.159 e. The molecule has 4 nitrogen and oxygen atoms in total. The molecule has 0 aliphatic carbocycles. The molecule has 0 spiro atoms. The summed E-state index contributed by atoms with van der Waals surface area (Å²) in [6, 6.07) is 14.0. The van der Waals surface area contributed by atoms with Crippen LogP contribution in [0.15, 0.2) is 54.9 Å². The quantitative estimate of drug-likeness (QED) is 0.673. The summed E-state index contributed by atoms with van der Waals surface area (Å²) in [4.78, 5) is 11.2. The zero-order valence-electron chi connectivity index (χ0n) is 14.7. The molecule has 1 aromatic heterocycles.